The van der Waals surface area contributed by atoms with E-state index in [0.717, 1.165) is 5.92 Å². The van der Waals surface area contributed by atoms with Crippen molar-refractivity contribution in [2.24, 2.45) is 5.92 Å². The van der Waals surface area contributed by atoms with Crippen molar-refractivity contribution in [3.8, 4) is 0 Å². The normalized spacial score (nSPS) is 29.5. The molecular formula is C7H13N. The van der Waals surface area contributed by atoms with Crippen LogP contribution in [0.2, 0.25) is 0 Å². The summed E-state index contributed by atoms with van der Waals surface area (Å²) in [5, 5.41) is 0. The van der Waals surface area contributed by atoms with Crippen molar-refractivity contribution < 1.29 is 0 Å². The van der Waals surface area contributed by atoms with E-state index in [4.69, 9.17) is 0 Å². The third-order valence-electron chi connectivity index (χ3n) is 1.71. The quantitative estimate of drug-likeness (QED) is 0.457. The van der Waals surface area contributed by atoms with E-state index in [9.17, 15) is 0 Å². The van der Waals surface area contributed by atoms with Gasteiger partial charge in [-0.1, -0.05) is 13.5 Å². The molecule has 1 fully saturated rings. The molecule has 0 N–H and O–H groups in total. The zero-order valence-corrected chi connectivity index (χ0v) is 5.65. The van der Waals surface area contributed by atoms with Crippen molar-refractivity contribution in [2.75, 3.05) is 13.6 Å². The molecule has 0 radical (unpaired) electrons. The van der Waals surface area contributed by atoms with Crippen LogP contribution in [-0.4, -0.2) is 18.5 Å². The highest BCUT2D eigenvalue weighted by molar-refractivity contribution is 4.99. The van der Waals surface area contributed by atoms with Gasteiger partial charge in [-0.3, -0.25) is 0 Å². The summed E-state index contributed by atoms with van der Waals surface area (Å²) >= 11 is 0. The average Bonchev–Trinajstić information content (AvgIpc) is 1.85. The molecule has 0 aromatic heterocycles. The summed E-state index contributed by atoms with van der Waals surface area (Å²) in [6.45, 7) is 7.36. The lowest BCUT2D eigenvalue weighted by atomic mass is 10.1. The Labute approximate surface area is 51.0 Å². The van der Waals surface area contributed by atoms with Crippen LogP contribution in [0.3, 0.4) is 0 Å². The first kappa shape index (κ1) is 5.67. The molecule has 0 bridgehead atoms. The Morgan fingerprint density at radius 1 is 1.75 bits per heavy atom. The molecule has 1 rings (SSSR count). The van der Waals surface area contributed by atoms with Gasteiger partial charge in [0.2, 0.25) is 0 Å². The molecule has 0 aliphatic carbocycles. The molecule has 1 aliphatic rings. The third-order valence-corrected chi connectivity index (χ3v) is 1.71. The van der Waals surface area contributed by atoms with Crippen molar-refractivity contribution in [1.82, 2.24) is 4.90 Å². The van der Waals surface area contributed by atoms with Crippen LogP contribution in [0.5, 0.6) is 0 Å². The van der Waals surface area contributed by atoms with Crippen molar-refractivity contribution in [2.45, 2.75) is 13.3 Å². The summed E-state index contributed by atoms with van der Waals surface area (Å²) in [6.07, 6.45) is 1.19. The van der Waals surface area contributed by atoms with E-state index in [1.54, 1.807) is 0 Å². The van der Waals surface area contributed by atoms with Crippen LogP contribution in [0.4, 0.5) is 0 Å². The Morgan fingerprint density at radius 2 is 2.38 bits per heavy atom. The maximum atomic E-state index is 3.91. The molecule has 0 aromatic carbocycles. The lowest BCUT2D eigenvalue weighted by molar-refractivity contribution is 0.447. The number of rotatable bonds is 0. The molecule has 1 heterocycles. The van der Waals surface area contributed by atoms with Crippen LogP contribution in [-0.2, 0) is 0 Å². The second kappa shape index (κ2) is 1.81. The van der Waals surface area contributed by atoms with E-state index in [-0.39, 0.29) is 0 Å². The third kappa shape index (κ3) is 0.857. The van der Waals surface area contributed by atoms with E-state index in [2.05, 4.69) is 25.5 Å². The zero-order chi connectivity index (χ0) is 6.15. The fraction of sp³-hybridized carbons (Fsp3) is 0.714. The summed E-state index contributed by atoms with van der Waals surface area (Å²) in [5.74, 6) is 0.826. The number of hydrogen-bond donors (Lipinski definition) is 0. The maximum absolute atomic E-state index is 3.91. The summed E-state index contributed by atoms with van der Waals surface area (Å²) in [4.78, 5) is 2.23. The fourth-order valence-electron chi connectivity index (χ4n) is 1.22. The molecule has 1 atom stereocenters. The van der Waals surface area contributed by atoms with Crippen LogP contribution in [0, 0.1) is 5.92 Å². The van der Waals surface area contributed by atoms with E-state index in [0.29, 0.717) is 0 Å². The van der Waals surface area contributed by atoms with Gasteiger partial charge in [0.05, 0.1) is 0 Å². The highest BCUT2D eigenvalue weighted by Crippen LogP contribution is 2.21. The van der Waals surface area contributed by atoms with Crippen LogP contribution in [0.25, 0.3) is 0 Å². The van der Waals surface area contributed by atoms with E-state index >= 15 is 0 Å². The predicted molar refractivity (Wildman–Crippen MR) is 35.6 cm³/mol. The average molecular weight is 111 g/mol. The molecule has 1 heteroatoms. The molecular weight excluding hydrogens is 98.1 g/mol. The molecule has 1 nitrogen and oxygen atoms in total. The largest absolute Gasteiger partial charge is 0.378 e. The van der Waals surface area contributed by atoms with Gasteiger partial charge in [-0.25, -0.2) is 0 Å². The number of allylic oxidation sites excluding steroid dienone is 1. The first-order valence-corrected chi connectivity index (χ1v) is 3.09. The molecule has 1 aliphatic heterocycles. The molecule has 8 heavy (non-hydrogen) atoms. The molecule has 0 spiro atoms. The Hall–Kier alpha value is -0.460. The van der Waals surface area contributed by atoms with Crippen LogP contribution >= 0.6 is 0 Å². The fourth-order valence-corrected chi connectivity index (χ4v) is 1.22. The minimum Gasteiger partial charge on any atom is -0.378 e. The Bertz CT molecular complexity index is 107. The Morgan fingerprint density at radius 3 is 2.50 bits per heavy atom. The molecule has 1 saturated heterocycles. The lowest BCUT2D eigenvalue weighted by Crippen LogP contribution is -2.10. The van der Waals surface area contributed by atoms with Gasteiger partial charge in [-0.2, -0.15) is 0 Å². The summed E-state index contributed by atoms with van der Waals surface area (Å²) in [7, 11) is 2.10. The van der Waals surface area contributed by atoms with Gasteiger partial charge in [-0.05, 0) is 12.3 Å². The van der Waals surface area contributed by atoms with Gasteiger partial charge in [0, 0.05) is 19.3 Å². The summed E-state index contributed by atoms with van der Waals surface area (Å²) in [6, 6.07) is 0. The highest BCUT2D eigenvalue weighted by atomic mass is 15.1. The second-order valence-corrected chi connectivity index (χ2v) is 2.76. The molecule has 0 unspecified atom stereocenters. The van der Waals surface area contributed by atoms with Gasteiger partial charge < -0.3 is 4.90 Å². The van der Waals surface area contributed by atoms with E-state index in [1.165, 1.54) is 18.7 Å². The first-order chi connectivity index (χ1) is 3.70. The molecule has 0 saturated carbocycles. The number of likely N-dealkylation sites (tertiary alicyclic amines) is 1. The number of hydrogen-bond acceptors (Lipinski definition) is 1. The summed E-state index contributed by atoms with van der Waals surface area (Å²) in [5.41, 5.74) is 1.29. The molecule has 46 valence electrons. The van der Waals surface area contributed by atoms with Gasteiger partial charge in [0.1, 0.15) is 0 Å². The maximum Gasteiger partial charge on any atom is 0.0200 e. The smallest absolute Gasteiger partial charge is 0.0200 e. The van der Waals surface area contributed by atoms with Gasteiger partial charge >= 0.3 is 0 Å². The topological polar surface area (TPSA) is 3.24 Å². The zero-order valence-electron chi connectivity index (χ0n) is 5.65. The van der Waals surface area contributed by atoms with Crippen molar-refractivity contribution in [3.05, 3.63) is 12.3 Å². The lowest BCUT2D eigenvalue weighted by Gasteiger charge is -2.09. The van der Waals surface area contributed by atoms with Crippen LogP contribution in [0.15, 0.2) is 12.3 Å². The molecule has 0 amide bonds. The van der Waals surface area contributed by atoms with Gasteiger partial charge in [0.15, 0.2) is 0 Å². The SMILES string of the molecule is C=C1C[C@H](C)CN1C. The van der Waals surface area contributed by atoms with Crippen molar-refractivity contribution in [3.63, 3.8) is 0 Å². The first-order valence-electron chi connectivity index (χ1n) is 3.09. The van der Waals surface area contributed by atoms with E-state index < -0.39 is 0 Å². The summed E-state index contributed by atoms with van der Waals surface area (Å²) < 4.78 is 0. The van der Waals surface area contributed by atoms with Crippen molar-refractivity contribution in [1.29, 1.82) is 0 Å². The second-order valence-electron chi connectivity index (χ2n) is 2.76. The van der Waals surface area contributed by atoms with E-state index in [1.807, 2.05) is 0 Å². The number of nitrogens with zero attached hydrogens (tertiary/aromatic N) is 1. The highest BCUT2D eigenvalue weighted by Gasteiger charge is 2.16. The van der Waals surface area contributed by atoms with Crippen LogP contribution in [0.1, 0.15) is 13.3 Å². The van der Waals surface area contributed by atoms with Crippen molar-refractivity contribution >= 4 is 0 Å². The molecule has 0 aromatic rings. The Kier molecular flexibility index (Phi) is 1.28. The van der Waals surface area contributed by atoms with Gasteiger partial charge in [-0.15, -0.1) is 0 Å². The Balaban J connectivity index is 2.51. The monoisotopic (exact) mass is 111 g/mol. The minimum absolute atomic E-state index is 0.826. The predicted octanol–water partition coefficient (Wildman–Crippen LogP) is 1.47. The standard InChI is InChI=1S/C7H13N/c1-6-4-7(2)8(3)5-6/h6H,2,4-5H2,1,3H3/t6-/m0/s1. The van der Waals surface area contributed by atoms with Gasteiger partial charge in [0.25, 0.3) is 0 Å². The van der Waals surface area contributed by atoms with Crippen LogP contribution < -0.4 is 0 Å². The minimum atomic E-state index is 0.826.